The van der Waals surface area contributed by atoms with Crippen LogP contribution in [0.15, 0.2) is 48.5 Å². The quantitative estimate of drug-likeness (QED) is 0.865. The second-order valence-corrected chi connectivity index (χ2v) is 6.27. The standard InChI is InChI=1S/C20H23NO3/c1-14-5-4-6-17(11-14)20(22)21-12-19(24-13-15(21)2)16-7-9-18(23-3)10-8-16/h4-11,15,19H,12-13H2,1-3H3. The fourth-order valence-electron chi connectivity index (χ4n) is 3.00. The summed E-state index contributed by atoms with van der Waals surface area (Å²) >= 11 is 0. The van der Waals surface area contributed by atoms with E-state index in [1.807, 2.05) is 67.3 Å². The Bertz CT molecular complexity index is 711. The molecule has 4 heteroatoms. The van der Waals surface area contributed by atoms with Gasteiger partial charge < -0.3 is 14.4 Å². The van der Waals surface area contributed by atoms with Gasteiger partial charge in [0, 0.05) is 5.56 Å². The van der Waals surface area contributed by atoms with Gasteiger partial charge in [0.2, 0.25) is 0 Å². The predicted molar refractivity (Wildman–Crippen MR) is 93.4 cm³/mol. The molecule has 24 heavy (non-hydrogen) atoms. The molecule has 1 aliphatic heterocycles. The first-order valence-corrected chi connectivity index (χ1v) is 8.21. The van der Waals surface area contributed by atoms with E-state index >= 15 is 0 Å². The van der Waals surface area contributed by atoms with Crippen molar-refractivity contribution >= 4 is 5.91 Å². The summed E-state index contributed by atoms with van der Waals surface area (Å²) in [6.07, 6.45) is -0.110. The second kappa shape index (κ2) is 7.05. The fourth-order valence-corrected chi connectivity index (χ4v) is 3.00. The monoisotopic (exact) mass is 325 g/mol. The normalized spacial score (nSPS) is 20.7. The fraction of sp³-hybridized carbons (Fsp3) is 0.350. The number of amides is 1. The van der Waals surface area contributed by atoms with Crippen molar-refractivity contribution in [2.45, 2.75) is 26.0 Å². The van der Waals surface area contributed by atoms with Crippen molar-refractivity contribution < 1.29 is 14.3 Å². The van der Waals surface area contributed by atoms with Crippen LogP contribution in [-0.4, -0.2) is 37.1 Å². The van der Waals surface area contributed by atoms with E-state index < -0.39 is 0 Å². The van der Waals surface area contributed by atoms with Gasteiger partial charge in [-0.05, 0) is 43.7 Å². The summed E-state index contributed by atoms with van der Waals surface area (Å²) in [5.41, 5.74) is 2.88. The van der Waals surface area contributed by atoms with E-state index in [0.717, 1.165) is 22.4 Å². The summed E-state index contributed by atoms with van der Waals surface area (Å²) < 4.78 is 11.2. The number of carbonyl (C=O) groups excluding carboxylic acids is 1. The summed E-state index contributed by atoms with van der Waals surface area (Å²) in [7, 11) is 1.65. The predicted octanol–water partition coefficient (Wildman–Crippen LogP) is 3.61. The maximum atomic E-state index is 12.9. The van der Waals surface area contributed by atoms with E-state index in [0.29, 0.717) is 13.2 Å². The molecule has 0 aliphatic carbocycles. The minimum absolute atomic E-state index is 0.0625. The number of hydrogen-bond donors (Lipinski definition) is 0. The zero-order valence-electron chi connectivity index (χ0n) is 14.4. The average Bonchev–Trinajstić information content (AvgIpc) is 2.62. The molecule has 0 saturated carbocycles. The van der Waals surface area contributed by atoms with Crippen molar-refractivity contribution in [1.29, 1.82) is 0 Å². The van der Waals surface area contributed by atoms with Crippen LogP contribution in [0.25, 0.3) is 0 Å². The Morgan fingerprint density at radius 2 is 1.96 bits per heavy atom. The highest BCUT2D eigenvalue weighted by Crippen LogP contribution is 2.27. The van der Waals surface area contributed by atoms with E-state index in [4.69, 9.17) is 9.47 Å². The maximum Gasteiger partial charge on any atom is 0.254 e. The number of aryl methyl sites for hydroxylation is 1. The first kappa shape index (κ1) is 16.5. The van der Waals surface area contributed by atoms with Gasteiger partial charge in [-0.1, -0.05) is 29.8 Å². The van der Waals surface area contributed by atoms with E-state index in [2.05, 4.69) is 0 Å². The van der Waals surface area contributed by atoms with Gasteiger partial charge in [-0.3, -0.25) is 4.79 Å². The van der Waals surface area contributed by atoms with Crippen molar-refractivity contribution in [3.63, 3.8) is 0 Å². The third kappa shape index (κ3) is 3.44. The van der Waals surface area contributed by atoms with Crippen LogP contribution in [-0.2, 0) is 4.74 Å². The van der Waals surface area contributed by atoms with E-state index in [9.17, 15) is 4.79 Å². The zero-order chi connectivity index (χ0) is 17.1. The van der Waals surface area contributed by atoms with Crippen molar-refractivity contribution in [1.82, 2.24) is 4.90 Å². The van der Waals surface area contributed by atoms with E-state index in [1.54, 1.807) is 7.11 Å². The van der Waals surface area contributed by atoms with Crippen LogP contribution in [0.4, 0.5) is 0 Å². The number of carbonyl (C=O) groups is 1. The van der Waals surface area contributed by atoms with Crippen LogP contribution in [0.5, 0.6) is 5.75 Å². The summed E-state index contributed by atoms with van der Waals surface area (Å²) in [6.45, 7) is 5.12. The van der Waals surface area contributed by atoms with Gasteiger partial charge in [0.25, 0.3) is 5.91 Å². The van der Waals surface area contributed by atoms with Crippen LogP contribution in [0.3, 0.4) is 0 Å². The third-order valence-electron chi connectivity index (χ3n) is 4.45. The Hall–Kier alpha value is -2.33. The van der Waals surface area contributed by atoms with Crippen LogP contribution >= 0.6 is 0 Å². The molecule has 4 nitrogen and oxygen atoms in total. The summed E-state index contributed by atoms with van der Waals surface area (Å²) in [5.74, 6) is 0.878. The largest absolute Gasteiger partial charge is 0.497 e. The lowest BCUT2D eigenvalue weighted by atomic mass is 10.0. The molecule has 2 unspecified atom stereocenters. The van der Waals surface area contributed by atoms with Crippen LogP contribution in [0, 0.1) is 6.92 Å². The van der Waals surface area contributed by atoms with Gasteiger partial charge in [0.15, 0.2) is 0 Å². The molecule has 1 fully saturated rings. The molecular weight excluding hydrogens is 302 g/mol. The number of methoxy groups -OCH3 is 1. The summed E-state index contributed by atoms with van der Waals surface area (Å²) in [6, 6.07) is 15.6. The minimum atomic E-state index is -0.110. The van der Waals surface area contributed by atoms with Crippen molar-refractivity contribution in [2.75, 3.05) is 20.3 Å². The molecule has 126 valence electrons. The molecule has 0 aromatic heterocycles. The van der Waals surface area contributed by atoms with Gasteiger partial charge in [-0.25, -0.2) is 0 Å². The Morgan fingerprint density at radius 1 is 1.21 bits per heavy atom. The van der Waals surface area contributed by atoms with E-state index in [1.165, 1.54) is 0 Å². The van der Waals surface area contributed by atoms with Crippen molar-refractivity contribution in [3.8, 4) is 5.75 Å². The molecule has 1 aliphatic rings. The van der Waals surface area contributed by atoms with Gasteiger partial charge in [-0.15, -0.1) is 0 Å². The molecule has 1 amide bonds. The van der Waals surface area contributed by atoms with Gasteiger partial charge >= 0.3 is 0 Å². The molecule has 2 aromatic carbocycles. The molecule has 2 aromatic rings. The van der Waals surface area contributed by atoms with Gasteiger partial charge in [0.1, 0.15) is 11.9 Å². The number of rotatable bonds is 3. The molecule has 0 N–H and O–H groups in total. The first-order valence-electron chi connectivity index (χ1n) is 8.21. The van der Waals surface area contributed by atoms with Crippen molar-refractivity contribution in [2.24, 2.45) is 0 Å². The first-order chi connectivity index (χ1) is 11.6. The maximum absolute atomic E-state index is 12.9. The number of nitrogens with zero attached hydrogens (tertiary/aromatic N) is 1. The van der Waals surface area contributed by atoms with Crippen molar-refractivity contribution in [3.05, 3.63) is 65.2 Å². The smallest absolute Gasteiger partial charge is 0.254 e. The number of ether oxygens (including phenoxy) is 2. The topological polar surface area (TPSA) is 38.8 Å². The second-order valence-electron chi connectivity index (χ2n) is 6.27. The Morgan fingerprint density at radius 3 is 2.62 bits per heavy atom. The van der Waals surface area contributed by atoms with Crippen LogP contribution in [0.1, 0.15) is 34.5 Å². The molecular formula is C20H23NO3. The Kier molecular flexibility index (Phi) is 4.86. The summed E-state index contributed by atoms with van der Waals surface area (Å²) in [5, 5.41) is 0. The molecule has 3 rings (SSSR count). The molecule has 0 spiro atoms. The summed E-state index contributed by atoms with van der Waals surface area (Å²) in [4.78, 5) is 14.8. The Balaban J connectivity index is 1.78. The molecule has 2 atom stereocenters. The van der Waals surface area contributed by atoms with Crippen LogP contribution < -0.4 is 4.74 Å². The lowest BCUT2D eigenvalue weighted by molar-refractivity contribution is -0.0486. The highest BCUT2D eigenvalue weighted by Gasteiger charge is 2.31. The lowest BCUT2D eigenvalue weighted by Gasteiger charge is -2.38. The number of benzene rings is 2. The average molecular weight is 325 g/mol. The highest BCUT2D eigenvalue weighted by atomic mass is 16.5. The SMILES string of the molecule is COc1ccc(C2CN(C(=O)c3cccc(C)c3)C(C)CO2)cc1. The Labute approximate surface area is 143 Å². The highest BCUT2D eigenvalue weighted by molar-refractivity contribution is 5.94. The minimum Gasteiger partial charge on any atom is -0.497 e. The molecule has 1 heterocycles. The van der Waals surface area contributed by atoms with Gasteiger partial charge in [-0.2, -0.15) is 0 Å². The molecule has 1 saturated heterocycles. The number of morpholine rings is 1. The van der Waals surface area contributed by atoms with Gasteiger partial charge in [0.05, 0.1) is 26.3 Å². The third-order valence-corrected chi connectivity index (χ3v) is 4.45. The number of hydrogen-bond acceptors (Lipinski definition) is 3. The molecule has 0 bridgehead atoms. The van der Waals surface area contributed by atoms with Crippen LogP contribution in [0.2, 0.25) is 0 Å². The molecule has 0 radical (unpaired) electrons. The zero-order valence-corrected chi connectivity index (χ0v) is 14.4. The van der Waals surface area contributed by atoms with E-state index in [-0.39, 0.29) is 18.1 Å². The lowest BCUT2D eigenvalue weighted by Crippen LogP contribution is -2.48.